The van der Waals surface area contributed by atoms with Crippen LogP contribution in [0.5, 0.6) is 0 Å². The highest BCUT2D eigenvalue weighted by Gasteiger charge is 2.23. The molecule has 15 heavy (non-hydrogen) atoms. The van der Waals surface area contributed by atoms with E-state index in [0.717, 1.165) is 11.1 Å². The lowest BCUT2D eigenvalue weighted by atomic mass is 9.89. The average molecular weight is 206 g/mol. The number of rotatable bonds is 4. The van der Waals surface area contributed by atoms with Crippen molar-refractivity contribution in [3.63, 3.8) is 0 Å². The third-order valence-electron chi connectivity index (χ3n) is 2.61. The molecule has 0 aliphatic heterocycles. The molecule has 0 fully saturated rings. The van der Waals surface area contributed by atoms with E-state index >= 15 is 0 Å². The molecule has 0 unspecified atom stereocenters. The molecule has 0 saturated heterocycles. The zero-order valence-corrected chi connectivity index (χ0v) is 10.4. The second kappa shape index (κ2) is 6.41. The number of hydrogen-bond donors (Lipinski definition) is 1. The summed E-state index contributed by atoms with van der Waals surface area (Å²) in [6.45, 7) is 9.61. The fourth-order valence-electron chi connectivity index (χ4n) is 1.12. The summed E-state index contributed by atoms with van der Waals surface area (Å²) in [5.41, 5.74) is 1.02. The minimum absolute atomic E-state index is 0.862. The van der Waals surface area contributed by atoms with Crippen LogP contribution in [0.15, 0.2) is 47.6 Å². The van der Waals surface area contributed by atoms with Crippen LogP contribution >= 0.6 is 0 Å². The molecule has 1 heteroatoms. The fraction of sp³-hybridized carbons (Fsp3) is 0.429. The molecule has 0 aliphatic carbocycles. The van der Waals surface area contributed by atoms with Gasteiger partial charge < -0.3 is 5.11 Å². The van der Waals surface area contributed by atoms with E-state index in [1.807, 2.05) is 71.1 Å². The summed E-state index contributed by atoms with van der Waals surface area (Å²) in [6.07, 6.45) is 11.6. The van der Waals surface area contributed by atoms with E-state index in [0.29, 0.717) is 0 Å². The van der Waals surface area contributed by atoms with Crippen molar-refractivity contribution in [2.45, 2.75) is 40.2 Å². The Morgan fingerprint density at radius 1 is 0.933 bits per heavy atom. The molecule has 0 aromatic carbocycles. The van der Waals surface area contributed by atoms with E-state index in [1.165, 1.54) is 0 Å². The van der Waals surface area contributed by atoms with Gasteiger partial charge in [-0.05, 0) is 45.8 Å². The van der Waals surface area contributed by atoms with Crippen LogP contribution in [0.2, 0.25) is 0 Å². The van der Waals surface area contributed by atoms with Gasteiger partial charge in [-0.25, -0.2) is 0 Å². The van der Waals surface area contributed by atoms with E-state index in [9.17, 15) is 5.11 Å². The number of aliphatic hydroxyl groups is 1. The van der Waals surface area contributed by atoms with Crippen molar-refractivity contribution in [3.8, 4) is 0 Å². The van der Waals surface area contributed by atoms with Crippen LogP contribution in [-0.2, 0) is 0 Å². The normalized spacial score (nSPS) is 18.8. The smallest absolute Gasteiger partial charge is 0.104 e. The van der Waals surface area contributed by atoms with Crippen LogP contribution in [0.4, 0.5) is 0 Å². The maximum Gasteiger partial charge on any atom is 0.104 e. The van der Waals surface area contributed by atoms with Crippen molar-refractivity contribution in [2.75, 3.05) is 0 Å². The van der Waals surface area contributed by atoms with Gasteiger partial charge in [0.15, 0.2) is 0 Å². The van der Waals surface area contributed by atoms with Crippen LogP contribution in [0.1, 0.15) is 34.6 Å². The first-order valence-electron chi connectivity index (χ1n) is 5.29. The predicted octanol–water partition coefficient (Wildman–Crippen LogP) is 3.78. The highest BCUT2D eigenvalue weighted by Crippen LogP contribution is 2.24. The van der Waals surface area contributed by atoms with Gasteiger partial charge in [0.1, 0.15) is 5.60 Å². The maximum atomic E-state index is 10.3. The third kappa shape index (κ3) is 4.30. The maximum absolute atomic E-state index is 10.3. The number of hydrogen-bond acceptors (Lipinski definition) is 1. The molecule has 0 aromatic heterocycles. The SMILES string of the molecule is CC=CC=C(C)C(C)(O)C(C)=CC=CC. The van der Waals surface area contributed by atoms with Crippen LogP contribution in [-0.4, -0.2) is 10.7 Å². The van der Waals surface area contributed by atoms with E-state index in [2.05, 4.69) is 0 Å². The summed E-state index contributed by atoms with van der Waals surface area (Å²) in [6, 6.07) is 0. The first kappa shape index (κ1) is 13.9. The molecule has 1 nitrogen and oxygen atoms in total. The third-order valence-corrected chi connectivity index (χ3v) is 2.61. The first-order valence-corrected chi connectivity index (χ1v) is 5.29. The van der Waals surface area contributed by atoms with Crippen LogP contribution in [0.3, 0.4) is 0 Å². The van der Waals surface area contributed by atoms with E-state index < -0.39 is 5.60 Å². The summed E-state index contributed by atoms with van der Waals surface area (Å²) in [5, 5.41) is 10.3. The summed E-state index contributed by atoms with van der Waals surface area (Å²) in [4.78, 5) is 0. The second-order valence-electron chi connectivity index (χ2n) is 3.82. The molecule has 0 aliphatic rings. The molecule has 0 spiro atoms. The van der Waals surface area contributed by atoms with Gasteiger partial charge in [-0.15, -0.1) is 0 Å². The highest BCUT2D eigenvalue weighted by atomic mass is 16.3. The molecule has 0 bridgehead atoms. The predicted molar refractivity (Wildman–Crippen MR) is 67.8 cm³/mol. The monoisotopic (exact) mass is 206 g/mol. The van der Waals surface area contributed by atoms with Gasteiger partial charge in [0.05, 0.1) is 0 Å². The molecule has 0 radical (unpaired) electrons. The lowest BCUT2D eigenvalue weighted by Gasteiger charge is -2.25. The van der Waals surface area contributed by atoms with Gasteiger partial charge in [-0.1, -0.05) is 36.5 Å². The fourth-order valence-corrected chi connectivity index (χ4v) is 1.12. The molecular formula is C14H22O. The van der Waals surface area contributed by atoms with E-state index in [-0.39, 0.29) is 0 Å². The topological polar surface area (TPSA) is 20.2 Å². The van der Waals surface area contributed by atoms with Crippen LogP contribution in [0.25, 0.3) is 0 Å². The van der Waals surface area contributed by atoms with Crippen LogP contribution in [0, 0.1) is 0 Å². The van der Waals surface area contributed by atoms with Crippen molar-refractivity contribution < 1.29 is 5.11 Å². The molecule has 0 aromatic rings. The van der Waals surface area contributed by atoms with Gasteiger partial charge in [0.2, 0.25) is 0 Å². The summed E-state index contributed by atoms with van der Waals surface area (Å²) in [5.74, 6) is 0. The molecule has 0 saturated carbocycles. The van der Waals surface area contributed by atoms with Crippen molar-refractivity contribution in [2.24, 2.45) is 0 Å². The van der Waals surface area contributed by atoms with Gasteiger partial charge >= 0.3 is 0 Å². The molecular weight excluding hydrogens is 184 g/mol. The Morgan fingerprint density at radius 2 is 1.27 bits per heavy atom. The largest absolute Gasteiger partial charge is 0.381 e. The lowest BCUT2D eigenvalue weighted by molar-refractivity contribution is 0.137. The van der Waals surface area contributed by atoms with Gasteiger partial charge in [-0.2, -0.15) is 0 Å². The minimum atomic E-state index is -0.862. The Balaban J connectivity index is 4.95. The first-order chi connectivity index (χ1) is 6.96. The molecule has 84 valence electrons. The standard InChI is InChI=1S/C14H22O/c1-6-8-10-12(3)14(5,15)13(4)11-9-7-2/h6-11,15H,1-5H3. The molecule has 0 atom stereocenters. The van der Waals surface area contributed by atoms with Crippen LogP contribution < -0.4 is 0 Å². The van der Waals surface area contributed by atoms with Crippen molar-refractivity contribution in [1.29, 1.82) is 0 Å². The van der Waals surface area contributed by atoms with E-state index in [1.54, 1.807) is 0 Å². The summed E-state index contributed by atoms with van der Waals surface area (Å²) in [7, 11) is 0. The van der Waals surface area contributed by atoms with Crippen molar-refractivity contribution >= 4 is 0 Å². The Kier molecular flexibility index (Phi) is 5.95. The van der Waals surface area contributed by atoms with E-state index in [4.69, 9.17) is 0 Å². The zero-order valence-electron chi connectivity index (χ0n) is 10.4. The summed E-state index contributed by atoms with van der Waals surface area (Å²) < 4.78 is 0. The Morgan fingerprint density at radius 3 is 1.53 bits per heavy atom. The zero-order chi connectivity index (χ0) is 11.9. The Bertz CT molecular complexity index is 271. The second-order valence-corrected chi connectivity index (χ2v) is 3.82. The van der Waals surface area contributed by atoms with Gasteiger partial charge in [0.25, 0.3) is 0 Å². The van der Waals surface area contributed by atoms with Crippen molar-refractivity contribution in [3.05, 3.63) is 47.6 Å². The molecule has 0 amide bonds. The molecule has 0 heterocycles. The minimum Gasteiger partial charge on any atom is -0.381 e. The lowest BCUT2D eigenvalue weighted by Crippen LogP contribution is -2.27. The average Bonchev–Trinajstić information content (AvgIpc) is 2.21. The Labute approximate surface area is 93.5 Å². The van der Waals surface area contributed by atoms with Gasteiger partial charge in [0, 0.05) is 0 Å². The highest BCUT2D eigenvalue weighted by molar-refractivity contribution is 5.32. The number of allylic oxidation sites excluding steroid dienone is 6. The molecule has 1 N–H and O–H groups in total. The Hall–Kier alpha value is -1.08. The van der Waals surface area contributed by atoms with Gasteiger partial charge in [-0.3, -0.25) is 0 Å². The summed E-state index contributed by atoms with van der Waals surface area (Å²) >= 11 is 0. The van der Waals surface area contributed by atoms with Crippen molar-refractivity contribution in [1.82, 2.24) is 0 Å². The molecule has 0 rings (SSSR count). The quantitative estimate of drug-likeness (QED) is 0.694.